The molecule has 5 aromatic rings. The van der Waals surface area contributed by atoms with Crippen molar-refractivity contribution >= 4 is 32.7 Å². The number of para-hydroxylation sites is 1. The van der Waals surface area contributed by atoms with Crippen LogP contribution in [0, 0.1) is 19.3 Å². The standard InChI is InChI=1S/C40H47N7O5S/c1-9-30-24-46(53(50,51)34-14-12-11-13-33(34)52-30)23-29-20-28(16-15-25(29)3)36(31-17-18-32-37(26(31)4)43-44-47(32)10-2)40(5,6)35(48)19-27-21-41-38(42-22-27)39(49)45(7)8/h11-18,20-22,30,36H,9-10,19,23-24H2,1-8H3/t30-,36+/m1/s1. The van der Waals surface area contributed by atoms with Gasteiger partial charge < -0.3 is 9.64 Å². The van der Waals surface area contributed by atoms with E-state index in [-0.39, 0.29) is 48.0 Å². The second-order valence-electron chi connectivity index (χ2n) is 14.5. The minimum Gasteiger partial charge on any atom is -0.488 e. The third-order valence-corrected chi connectivity index (χ3v) is 12.2. The second kappa shape index (κ2) is 14.8. The van der Waals surface area contributed by atoms with Gasteiger partial charge in [0.25, 0.3) is 5.91 Å². The highest BCUT2D eigenvalue weighted by atomic mass is 32.2. The fraction of sp³-hybridized carbons (Fsp3) is 0.400. The summed E-state index contributed by atoms with van der Waals surface area (Å²) in [7, 11) is -0.619. The topological polar surface area (TPSA) is 140 Å². The summed E-state index contributed by atoms with van der Waals surface area (Å²) >= 11 is 0. The third-order valence-electron chi connectivity index (χ3n) is 10.4. The van der Waals surface area contributed by atoms with Gasteiger partial charge in [-0.1, -0.05) is 62.4 Å². The first-order chi connectivity index (χ1) is 25.2. The van der Waals surface area contributed by atoms with Crippen LogP contribution in [0.25, 0.3) is 11.0 Å². The maximum Gasteiger partial charge on any atom is 0.291 e. The molecule has 0 saturated heterocycles. The van der Waals surface area contributed by atoms with Crippen LogP contribution in [0.5, 0.6) is 5.75 Å². The van der Waals surface area contributed by atoms with Crippen LogP contribution in [-0.4, -0.2) is 81.0 Å². The number of carbonyl (C=O) groups excluding carboxylic acids is 2. The fourth-order valence-corrected chi connectivity index (χ4v) is 8.65. The quantitative estimate of drug-likeness (QED) is 0.162. The molecule has 1 aliphatic heterocycles. The van der Waals surface area contributed by atoms with Gasteiger partial charge in [0.1, 0.15) is 28.0 Å². The number of Topliss-reactive ketones (excluding diaryl/α,β-unsaturated/α-hetero) is 1. The van der Waals surface area contributed by atoms with Crippen molar-refractivity contribution in [3.05, 3.63) is 106 Å². The Labute approximate surface area is 311 Å². The van der Waals surface area contributed by atoms with E-state index >= 15 is 0 Å². The van der Waals surface area contributed by atoms with Gasteiger partial charge in [0.15, 0.2) is 0 Å². The molecule has 12 nitrogen and oxygen atoms in total. The van der Waals surface area contributed by atoms with Gasteiger partial charge in [0.05, 0.1) is 12.1 Å². The Kier molecular flexibility index (Phi) is 10.5. The lowest BCUT2D eigenvalue weighted by molar-refractivity contribution is -0.127. The first-order valence-corrected chi connectivity index (χ1v) is 19.3. The van der Waals surface area contributed by atoms with Crippen LogP contribution in [0.4, 0.5) is 0 Å². The van der Waals surface area contributed by atoms with E-state index < -0.39 is 21.4 Å². The number of aryl methyl sites for hydroxylation is 3. The Hall–Kier alpha value is -5.01. The number of aromatic nitrogens is 5. The number of sulfonamides is 1. The summed E-state index contributed by atoms with van der Waals surface area (Å²) in [5, 5.41) is 8.88. The maximum absolute atomic E-state index is 14.5. The number of rotatable bonds is 11. The van der Waals surface area contributed by atoms with Gasteiger partial charge in [0, 0.05) is 57.3 Å². The van der Waals surface area contributed by atoms with Crippen molar-refractivity contribution in [1.29, 1.82) is 0 Å². The van der Waals surface area contributed by atoms with E-state index in [0.717, 1.165) is 38.9 Å². The van der Waals surface area contributed by atoms with Gasteiger partial charge in [-0.05, 0) is 78.8 Å². The highest BCUT2D eigenvalue weighted by molar-refractivity contribution is 7.89. The van der Waals surface area contributed by atoms with Gasteiger partial charge in [-0.15, -0.1) is 5.10 Å². The minimum absolute atomic E-state index is 0.0498. The summed E-state index contributed by atoms with van der Waals surface area (Å²) in [4.78, 5) is 36.9. The summed E-state index contributed by atoms with van der Waals surface area (Å²) in [6, 6.07) is 16.9. The zero-order valence-corrected chi connectivity index (χ0v) is 32.4. The fourth-order valence-electron chi connectivity index (χ4n) is 7.08. The summed E-state index contributed by atoms with van der Waals surface area (Å²) in [6.07, 6.45) is 3.44. The number of ketones is 1. The lowest BCUT2D eigenvalue weighted by Gasteiger charge is -2.35. The normalized spacial score (nSPS) is 16.4. The molecule has 1 amide bonds. The zero-order chi connectivity index (χ0) is 38.2. The molecule has 0 saturated carbocycles. The number of ether oxygens (including phenoxy) is 1. The molecule has 0 bridgehead atoms. The van der Waals surface area contributed by atoms with E-state index in [0.29, 0.717) is 24.3 Å². The van der Waals surface area contributed by atoms with Crippen molar-refractivity contribution in [2.24, 2.45) is 5.41 Å². The molecule has 0 aliphatic carbocycles. The SMILES string of the molecule is CC[C@@H]1CN(Cc2cc([C@@H](c3ccc4c(nnn4CC)c3C)C(C)(C)C(=O)Cc3cnc(C(=O)N(C)C)nc3)ccc2C)S(=O)(=O)c2ccccc2O1. The number of nitrogens with zero attached hydrogens (tertiary/aromatic N) is 7. The van der Waals surface area contributed by atoms with Gasteiger partial charge in [-0.25, -0.2) is 23.1 Å². The van der Waals surface area contributed by atoms with E-state index in [2.05, 4.69) is 26.3 Å². The Bertz CT molecular complexity index is 2280. The predicted octanol–water partition coefficient (Wildman–Crippen LogP) is 5.89. The van der Waals surface area contributed by atoms with Gasteiger partial charge in [-0.2, -0.15) is 4.31 Å². The Morgan fingerprint density at radius 3 is 2.42 bits per heavy atom. The van der Waals surface area contributed by atoms with Crippen molar-refractivity contribution in [3.63, 3.8) is 0 Å². The number of carbonyl (C=O) groups is 2. The Morgan fingerprint density at radius 1 is 1.02 bits per heavy atom. The summed E-state index contributed by atoms with van der Waals surface area (Å²) in [6.45, 7) is 12.9. The molecule has 3 heterocycles. The average Bonchev–Trinajstić information content (AvgIpc) is 3.53. The molecule has 0 N–H and O–H groups in total. The van der Waals surface area contributed by atoms with E-state index in [9.17, 15) is 18.0 Å². The molecular formula is C40H47N7O5S. The molecule has 0 fully saturated rings. The number of hydrogen-bond acceptors (Lipinski definition) is 9. The molecule has 0 radical (unpaired) electrons. The van der Waals surface area contributed by atoms with Gasteiger partial charge in [-0.3, -0.25) is 9.59 Å². The molecule has 0 spiro atoms. The lowest BCUT2D eigenvalue weighted by Crippen LogP contribution is -2.37. The smallest absolute Gasteiger partial charge is 0.291 e. The highest BCUT2D eigenvalue weighted by Gasteiger charge is 2.40. The maximum atomic E-state index is 14.5. The average molecular weight is 738 g/mol. The summed E-state index contributed by atoms with van der Waals surface area (Å²) in [5.74, 6) is -0.395. The molecule has 3 aromatic carbocycles. The third kappa shape index (κ3) is 7.19. The lowest BCUT2D eigenvalue weighted by atomic mass is 9.66. The van der Waals surface area contributed by atoms with Crippen molar-refractivity contribution in [2.75, 3.05) is 20.6 Å². The molecule has 6 rings (SSSR count). The van der Waals surface area contributed by atoms with Crippen molar-refractivity contribution in [2.45, 2.75) is 84.4 Å². The van der Waals surface area contributed by atoms with Crippen LogP contribution < -0.4 is 4.74 Å². The zero-order valence-electron chi connectivity index (χ0n) is 31.6. The largest absolute Gasteiger partial charge is 0.488 e. The van der Waals surface area contributed by atoms with Gasteiger partial charge in [0.2, 0.25) is 15.8 Å². The molecule has 2 atom stereocenters. The van der Waals surface area contributed by atoms with Gasteiger partial charge >= 0.3 is 0 Å². The van der Waals surface area contributed by atoms with Crippen molar-refractivity contribution in [1.82, 2.24) is 34.2 Å². The minimum atomic E-state index is -3.88. The van der Waals surface area contributed by atoms with Crippen LogP contribution in [0.15, 0.2) is 71.9 Å². The van der Waals surface area contributed by atoms with E-state index in [1.807, 2.05) is 70.5 Å². The number of benzene rings is 3. The highest BCUT2D eigenvalue weighted by Crippen LogP contribution is 2.45. The first-order valence-electron chi connectivity index (χ1n) is 17.9. The summed E-state index contributed by atoms with van der Waals surface area (Å²) in [5.41, 5.74) is 5.77. The molecule has 13 heteroatoms. The van der Waals surface area contributed by atoms with Crippen LogP contribution >= 0.6 is 0 Å². The number of fused-ring (bicyclic) bond motifs is 2. The van der Waals surface area contributed by atoms with Crippen LogP contribution in [0.2, 0.25) is 0 Å². The van der Waals surface area contributed by atoms with Crippen LogP contribution in [0.3, 0.4) is 0 Å². The monoisotopic (exact) mass is 737 g/mol. The van der Waals surface area contributed by atoms with Crippen LogP contribution in [-0.2, 0) is 34.3 Å². The Morgan fingerprint density at radius 2 is 1.74 bits per heavy atom. The molecule has 0 unspecified atom stereocenters. The molecule has 278 valence electrons. The Balaban J connectivity index is 1.43. The van der Waals surface area contributed by atoms with E-state index in [1.165, 1.54) is 21.6 Å². The summed E-state index contributed by atoms with van der Waals surface area (Å²) < 4.78 is 37.7. The molecule has 53 heavy (non-hydrogen) atoms. The number of hydrogen-bond donors (Lipinski definition) is 0. The first kappa shape index (κ1) is 37.7. The van der Waals surface area contributed by atoms with Crippen molar-refractivity contribution in [3.8, 4) is 5.75 Å². The molecular weight excluding hydrogens is 691 g/mol. The van der Waals surface area contributed by atoms with E-state index in [1.54, 1.807) is 38.4 Å². The predicted molar refractivity (Wildman–Crippen MR) is 202 cm³/mol. The van der Waals surface area contributed by atoms with Crippen molar-refractivity contribution < 1.29 is 22.7 Å². The second-order valence-corrected chi connectivity index (χ2v) is 16.4. The molecule has 2 aromatic heterocycles. The van der Waals surface area contributed by atoms with Crippen LogP contribution in [0.1, 0.15) is 84.0 Å². The number of amides is 1. The molecule has 1 aliphatic rings. The van der Waals surface area contributed by atoms with E-state index in [4.69, 9.17) is 4.74 Å².